The summed E-state index contributed by atoms with van der Waals surface area (Å²) < 4.78 is 0.990. The fourth-order valence-electron chi connectivity index (χ4n) is 1.65. The Morgan fingerprint density at radius 1 is 1.15 bits per heavy atom. The first-order valence-corrected chi connectivity index (χ1v) is 8.64. The molecule has 0 saturated heterocycles. The van der Waals surface area contributed by atoms with Crippen molar-refractivity contribution < 1.29 is 0 Å². The van der Waals surface area contributed by atoms with Gasteiger partial charge in [-0.1, -0.05) is 47.3 Å². The summed E-state index contributed by atoms with van der Waals surface area (Å²) >= 11 is 10.5. The molecule has 0 amide bonds. The second kappa shape index (κ2) is 6.06. The van der Waals surface area contributed by atoms with E-state index in [-0.39, 0.29) is 0 Å². The highest BCUT2D eigenvalue weighted by Crippen LogP contribution is 2.43. The van der Waals surface area contributed by atoms with Crippen LogP contribution in [0.25, 0.3) is 16.8 Å². The zero-order chi connectivity index (χ0) is 13.9. The van der Waals surface area contributed by atoms with Gasteiger partial charge in [0, 0.05) is 16.0 Å². The largest absolute Gasteiger partial charge is 0.235 e. The first kappa shape index (κ1) is 13.8. The maximum Gasteiger partial charge on any atom is 0.136 e. The van der Waals surface area contributed by atoms with Gasteiger partial charge in [-0.05, 0) is 22.9 Å². The first-order valence-electron chi connectivity index (χ1n) is 5.62. The molecule has 0 atom stereocenters. The van der Waals surface area contributed by atoms with Gasteiger partial charge in [0.2, 0.25) is 0 Å². The van der Waals surface area contributed by atoms with Gasteiger partial charge in [-0.25, -0.2) is 4.98 Å². The number of nitrogens with zero attached hydrogens (tertiary/aromatic N) is 2. The molecule has 1 aliphatic heterocycles. The van der Waals surface area contributed by atoms with Gasteiger partial charge in [-0.15, -0.1) is 11.3 Å². The third-order valence-corrected chi connectivity index (χ3v) is 5.82. The molecule has 3 rings (SSSR count). The molecule has 1 aromatic heterocycles. The van der Waals surface area contributed by atoms with Crippen molar-refractivity contribution in [2.45, 2.75) is 0 Å². The van der Waals surface area contributed by atoms with Crippen LogP contribution in [-0.2, 0) is 0 Å². The molecule has 0 radical (unpaired) electrons. The molecule has 0 N–H and O–H groups in total. The summed E-state index contributed by atoms with van der Waals surface area (Å²) in [5, 5.41) is 16.7. The Hall–Kier alpha value is -1.19. The number of thioether (sulfide) groups is 2. The Morgan fingerprint density at radius 3 is 2.50 bits per heavy atom. The summed E-state index contributed by atoms with van der Waals surface area (Å²) in [4.78, 5) is 4.57. The van der Waals surface area contributed by atoms with Crippen LogP contribution in [0.15, 0.2) is 44.7 Å². The zero-order valence-corrected chi connectivity index (χ0v) is 13.2. The fraction of sp³-hybridized carbons (Fsp3) is 0. The van der Waals surface area contributed by atoms with E-state index in [2.05, 4.69) is 11.1 Å². The normalized spacial score (nSPS) is 13.5. The average molecular weight is 335 g/mol. The highest BCUT2D eigenvalue weighted by Gasteiger charge is 2.16. The summed E-state index contributed by atoms with van der Waals surface area (Å²) in [6.07, 6.45) is 0. The van der Waals surface area contributed by atoms with E-state index in [0.29, 0.717) is 10.6 Å². The Kier molecular flexibility index (Phi) is 4.18. The minimum atomic E-state index is 0.648. The maximum atomic E-state index is 9.34. The van der Waals surface area contributed by atoms with Crippen molar-refractivity contribution in [3.05, 3.63) is 54.7 Å². The molecular formula is C14H7ClN2S3. The second-order valence-corrected chi connectivity index (χ2v) is 7.21. The van der Waals surface area contributed by atoms with Gasteiger partial charge in [0.15, 0.2) is 0 Å². The van der Waals surface area contributed by atoms with Crippen molar-refractivity contribution in [3.63, 3.8) is 0 Å². The summed E-state index contributed by atoms with van der Waals surface area (Å²) in [5.41, 5.74) is 2.52. The quantitative estimate of drug-likeness (QED) is 0.669. The summed E-state index contributed by atoms with van der Waals surface area (Å²) in [6.45, 7) is 0. The van der Waals surface area contributed by atoms with Crippen molar-refractivity contribution >= 4 is 52.0 Å². The van der Waals surface area contributed by atoms with E-state index in [9.17, 15) is 5.26 Å². The summed E-state index contributed by atoms with van der Waals surface area (Å²) in [7, 11) is 0. The molecule has 1 aliphatic rings. The van der Waals surface area contributed by atoms with Crippen LogP contribution < -0.4 is 0 Å². The number of aromatic nitrogens is 1. The van der Waals surface area contributed by atoms with Gasteiger partial charge < -0.3 is 0 Å². The van der Waals surface area contributed by atoms with Crippen molar-refractivity contribution in [2.24, 2.45) is 0 Å². The van der Waals surface area contributed by atoms with Gasteiger partial charge in [-0.3, -0.25) is 0 Å². The fourth-order valence-corrected chi connectivity index (χ4v) is 4.50. The minimum Gasteiger partial charge on any atom is -0.235 e. The molecule has 0 fully saturated rings. The molecule has 2 nitrogen and oxygen atoms in total. The van der Waals surface area contributed by atoms with Crippen LogP contribution in [-0.4, -0.2) is 4.98 Å². The van der Waals surface area contributed by atoms with Crippen molar-refractivity contribution in [1.29, 1.82) is 5.26 Å². The van der Waals surface area contributed by atoms with Gasteiger partial charge in [0.1, 0.15) is 16.6 Å². The number of benzene rings is 1. The molecule has 6 heteroatoms. The topological polar surface area (TPSA) is 36.7 Å². The molecule has 98 valence electrons. The SMILES string of the molecule is N#CC(=C1SC=CS1)c1nc(-c2ccc(Cl)cc2)cs1. The molecular weight excluding hydrogens is 328 g/mol. The Morgan fingerprint density at radius 2 is 1.85 bits per heavy atom. The number of nitriles is 1. The lowest BCUT2D eigenvalue weighted by Crippen LogP contribution is -1.83. The molecule has 0 bridgehead atoms. The van der Waals surface area contributed by atoms with Gasteiger partial charge in [0.05, 0.1) is 9.93 Å². The van der Waals surface area contributed by atoms with E-state index in [1.807, 2.05) is 40.5 Å². The Balaban J connectivity index is 1.96. The molecule has 0 spiro atoms. The molecule has 2 heterocycles. The Bertz CT molecular complexity index is 729. The van der Waals surface area contributed by atoms with Crippen LogP contribution >= 0.6 is 46.5 Å². The van der Waals surface area contributed by atoms with Crippen LogP contribution in [0.3, 0.4) is 0 Å². The third kappa shape index (κ3) is 2.79. The van der Waals surface area contributed by atoms with Crippen molar-refractivity contribution in [2.75, 3.05) is 0 Å². The van der Waals surface area contributed by atoms with Gasteiger partial charge in [-0.2, -0.15) is 5.26 Å². The minimum absolute atomic E-state index is 0.648. The Labute approximate surface area is 134 Å². The standard InChI is InChI=1S/C14H7ClN2S3/c15-10-3-1-9(2-4-10)12-8-20-13(17-12)11(7-16)14-18-5-6-19-14/h1-6,8H. The predicted octanol–water partition coefficient (Wildman–Crippen LogP) is 5.61. The van der Waals surface area contributed by atoms with E-state index in [1.54, 1.807) is 23.5 Å². The van der Waals surface area contributed by atoms with E-state index in [4.69, 9.17) is 11.6 Å². The number of rotatable bonds is 2. The van der Waals surface area contributed by atoms with E-state index in [1.165, 1.54) is 11.3 Å². The average Bonchev–Trinajstić information content (AvgIpc) is 3.12. The van der Waals surface area contributed by atoms with E-state index in [0.717, 1.165) is 20.5 Å². The first-order chi connectivity index (χ1) is 9.78. The zero-order valence-electron chi connectivity index (χ0n) is 10.0. The second-order valence-electron chi connectivity index (χ2n) is 3.83. The van der Waals surface area contributed by atoms with Crippen molar-refractivity contribution in [3.8, 4) is 17.3 Å². The maximum absolute atomic E-state index is 9.34. The highest BCUT2D eigenvalue weighted by molar-refractivity contribution is 8.27. The smallest absolute Gasteiger partial charge is 0.136 e. The lowest BCUT2D eigenvalue weighted by atomic mass is 10.2. The van der Waals surface area contributed by atoms with Crippen LogP contribution in [0, 0.1) is 11.3 Å². The van der Waals surface area contributed by atoms with Crippen LogP contribution in [0.2, 0.25) is 5.02 Å². The number of halogens is 1. The van der Waals surface area contributed by atoms with Crippen LogP contribution in [0.5, 0.6) is 0 Å². The molecule has 2 aromatic rings. The molecule has 0 aliphatic carbocycles. The molecule has 20 heavy (non-hydrogen) atoms. The number of hydrogen-bond acceptors (Lipinski definition) is 5. The van der Waals surface area contributed by atoms with Gasteiger partial charge in [0.25, 0.3) is 0 Å². The van der Waals surface area contributed by atoms with Crippen LogP contribution in [0.1, 0.15) is 5.01 Å². The monoisotopic (exact) mass is 334 g/mol. The summed E-state index contributed by atoms with van der Waals surface area (Å²) in [6, 6.07) is 9.80. The number of thiazole rings is 1. The number of allylic oxidation sites excluding steroid dienone is 1. The lowest BCUT2D eigenvalue weighted by Gasteiger charge is -1.98. The third-order valence-electron chi connectivity index (χ3n) is 2.58. The van der Waals surface area contributed by atoms with E-state index >= 15 is 0 Å². The highest BCUT2D eigenvalue weighted by atomic mass is 35.5. The predicted molar refractivity (Wildman–Crippen MR) is 89.4 cm³/mol. The van der Waals surface area contributed by atoms with Crippen molar-refractivity contribution in [1.82, 2.24) is 4.98 Å². The van der Waals surface area contributed by atoms with Crippen LogP contribution in [0.4, 0.5) is 0 Å². The molecule has 0 saturated carbocycles. The molecule has 0 unspecified atom stereocenters. The molecule has 1 aromatic carbocycles. The van der Waals surface area contributed by atoms with Gasteiger partial charge >= 0.3 is 0 Å². The number of hydrogen-bond donors (Lipinski definition) is 0. The van der Waals surface area contributed by atoms with E-state index < -0.39 is 0 Å². The summed E-state index contributed by atoms with van der Waals surface area (Å²) in [5.74, 6) is 0. The lowest BCUT2D eigenvalue weighted by molar-refractivity contribution is 1.37.